The molecule has 2 nitrogen and oxygen atoms in total. The van der Waals surface area contributed by atoms with Crippen molar-refractivity contribution in [2.45, 2.75) is 19.0 Å². The second-order valence-electron chi connectivity index (χ2n) is 3.77. The highest BCUT2D eigenvalue weighted by Gasteiger charge is 2.20. The predicted octanol–water partition coefficient (Wildman–Crippen LogP) is 1.45. The molecule has 14 heavy (non-hydrogen) atoms. The number of halogens is 1. The number of hydrogen-bond acceptors (Lipinski definition) is 2. The van der Waals surface area contributed by atoms with Gasteiger partial charge in [-0.05, 0) is 13.0 Å². The van der Waals surface area contributed by atoms with Gasteiger partial charge in [0.05, 0.1) is 0 Å². The van der Waals surface area contributed by atoms with Crippen molar-refractivity contribution in [3.63, 3.8) is 0 Å². The van der Waals surface area contributed by atoms with Gasteiger partial charge in [-0.3, -0.25) is 0 Å². The zero-order valence-corrected chi connectivity index (χ0v) is 8.26. The molecule has 1 aliphatic rings. The lowest BCUT2D eigenvalue weighted by molar-refractivity contribution is 0.335. The summed E-state index contributed by atoms with van der Waals surface area (Å²) in [6, 6.07) is 7.51. The van der Waals surface area contributed by atoms with Crippen LogP contribution in [0.15, 0.2) is 24.3 Å². The average molecular weight is 194 g/mol. The lowest BCUT2D eigenvalue weighted by Gasteiger charge is -2.31. The zero-order chi connectivity index (χ0) is 9.97. The van der Waals surface area contributed by atoms with E-state index in [4.69, 9.17) is 0 Å². The molecule has 0 unspecified atom stereocenters. The summed E-state index contributed by atoms with van der Waals surface area (Å²) >= 11 is 0. The minimum absolute atomic E-state index is 0.0864. The minimum Gasteiger partial charge on any atom is -0.314 e. The largest absolute Gasteiger partial charge is 0.314 e. The van der Waals surface area contributed by atoms with Gasteiger partial charge in [0, 0.05) is 30.7 Å². The molecular weight excluding hydrogens is 179 g/mol. The number of hydrogen-bond donors (Lipinski definition) is 2. The Balaban J connectivity index is 2.02. The molecule has 0 bridgehead atoms. The minimum atomic E-state index is -0.125. The molecule has 2 N–H and O–H groups in total. The van der Waals surface area contributed by atoms with E-state index in [0.717, 1.165) is 18.7 Å². The van der Waals surface area contributed by atoms with E-state index < -0.39 is 0 Å². The molecule has 1 aromatic rings. The number of rotatable bonds is 3. The Morgan fingerprint density at radius 1 is 1.43 bits per heavy atom. The standard InChI is InChI=1S/C11H15FN2/c1-8(14-9-6-13-7-9)10-4-2-3-5-11(10)12/h2-5,8-9,13-14H,6-7H2,1H3/t8-/m1/s1. The van der Waals surface area contributed by atoms with Crippen LogP contribution in [0.25, 0.3) is 0 Å². The normalized spacial score (nSPS) is 19.0. The maximum atomic E-state index is 13.4. The fourth-order valence-corrected chi connectivity index (χ4v) is 1.68. The molecule has 0 aromatic heterocycles. The van der Waals surface area contributed by atoms with Gasteiger partial charge in [0.2, 0.25) is 0 Å². The van der Waals surface area contributed by atoms with Gasteiger partial charge in [-0.25, -0.2) is 4.39 Å². The molecule has 1 aromatic carbocycles. The topological polar surface area (TPSA) is 24.1 Å². The Labute approximate surface area is 83.5 Å². The molecule has 1 aliphatic heterocycles. The van der Waals surface area contributed by atoms with Gasteiger partial charge in [-0.1, -0.05) is 18.2 Å². The van der Waals surface area contributed by atoms with E-state index in [1.54, 1.807) is 6.07 Å². The smallest absolute Gasteiger partial charge is 0.127 e. The summed E-state index contributed by atoms with van der Waals surface area (Å²) in [5, 5.41) is 6.55. The average Bonchev–Trinajstić information content (AvgIpc) is 2.12. The highest BCUT2D eigenvalue weighted by Crippen LogP contribution is 2.16. The van der Waals surface area contributed by atoms with Crippen LogP contribution < -0.4 is 10.6 Å². The van der Waals surface area contributed by atoms with Crippen LogP contribution in [-0.2, 0) is 0 Å². The van der Waals surface area contributed by atoms with E-state index in [0.29, 0.717) is 6.04 Å². The SMILES string of the molecule is C[C@@H](NC1CNC1)c1ccccc1F. The molecule has 3 heteroatoms. The molecular formula is C11H15FN2. The maximum Gasteiger partial charge on any atom is 0.127 e. The van der Waals surface area contributed by atoms with Crippen molar-refractivity contribution in [1.29, 1.82) is 0 Å². The molecule has 2 rings (SSSR count). The van der Waals surface area contributed by atoms with Gasteiger partial charge in [-0.15, -0.1) is 0 Å². The van der Waals surface area contributed by atoms with Crippen LogP contribution in [0.5, 0.6) is 0 Å². The van der Waals surface area contributed by atoms with Gasteiger partial charge in [-0.2, -0.15) is 0 Å². The van der Waals surface area contributed by atoms with E-state index in [2.05, 4.69) is 10.6 Å². The van der Waals surface area contributed by atoms with Crippen molar-refractivity contribution in [3.05, 3.63) is 35.6 Å². The van der Waals surface area contributed by atoms with E-state index in [-0.39, 0.29) is 11.9 Å². The van der Waals surface area contributed by atoms with Crippen molar-refractivity contribution in [2.24, 2.45) is 0 Å². The maximum absolute atomic E-state index is 13.4. The molecule has 0 radical (unpaired) electrons. The van der Waals surface area contributed by atoms with Gasteiger partial charge in [0.25, 0.3) is 0 Å². The second-order valence-corrected chi connectivity index (χ2v) is 3.77. The van der Waals surface area contributed by atoms with Crippen LogP contribution in [0.3, 0.4) is 0 Å². The lowest BCUT2D eigenvalue weighted by atomic mass is 10.1. The number of benzene rings is 1. The molecule has 0 amide bonds. The Hall–Kier alpha value is -0.930. The molecule has 1 saturated heterocycles. The van der Waals surface area contributed by atoms with Gasteiger partial charge < -0.3 is 10.6 Å². The van der Waals surface area contributed by atoms with E-state index >= 15 is 0 Å². The van der Waals surface area contributed by atoms with Crippen LogP contribution in [0.4, 0.5) is 4.39 Å². The highest BCUT2D eigenvalue weighted by molar-refractivity contribution is 5.20. The van der Waals surface area contributed by atoms with Crippen molar-refractivity contribution in [2.75, 3.05) is 13.1 Å². The first-order valence-corrected chi connectivity index (χ1v) is 4.98. The van der Waals surface area contributed by atoms with Crippen LogP contribution in [0.2, 0.25) is 0 Å². The Kier molecular flexibility index (Phi) is 2.79. The molecule has 0 saturated carbocycles. The molecule has 1 fully saturated rings. The predicted molar refractivity (Wildman–Crippen MR) is 54.6 cm³/mol. The number of nitrogens with one attached hydrogen (secondary N) is 2. The molecule has 76 valence electrons. The van der Waals surface area contributed by atoms with Crippen LogP contribution >= 0.6 is 0 Å². The van der Waals surface area contributed by atoms with E-state index in [1.807, 2.05) is 19.1 Å². The fraction of sp³-hybridized carbons (Fsp3) is 0.455. The summed E-state index contributed by atoms with van der Waals surface area (Å²) in [6.07, 6.45) is 0. The van der Waals surface area contributed by atoms with E-state index in [1.165, 1.54) is 6.07 Å². The summed E-state index contributed by atoms with van der Waals surface area (Å²) < 4.78 is 13.4. The summed E-state index contributed by atoms with van der Waals surface area (Å²) in [5.41, 5.74) is 0.749. The first-order chi connectivity index (χ1) is 6.77. The Morgan fingerprint density at radius 3 is 2.71 bits per heavy atom. The summed E-state index contributed by atoms with van der Waals surface area (Å²) in [6.45, 7) is 3.97. The molecule has 1 atom stereocenters. The molecule has 1 heterocycles. The highest BCUT2D eigenvalue weighted by atomic mass is 19.1. The van der Waals surface area contributed by atoms with Gasteiger partial charge in [0.15, 0.2) is 0 Å². The third-order valence-electron chi connectivity index (χ3n) is 2.64. The first-order valence-electron chi connectivity index (χ1n) is 4.98. The quantitative estimate of drug-likeness (QED) is 0.761. The van der Waals surface area contributed by atoms with Crippen LogP contribution in [0.1, 0.15) is 18.5 Å². The van der Waals surface area contributed by atoms with Gasteiger partial charge >= 0.3 is 0 Å². The van der Waals surface area contributed by atoms with Crippen molar-refractivity contribution in [3.8, 4) is 0 Å². The summed E-state index contributed by atoms with van der Waals surface area (Å²) in [7, 11) is 0. The van der Waals surface area contributed by atoms with Crippen molar-refractivity contribution >= 4 is 0 Å². The van der Waals surface area contributed by atoms with Gasteiger partial charge in [0.1, 0.15) is 5.82 Å². The van der Waals surface area contributed by atoms with Crippen molar-refractivity contribution in [1.82, 2.24) is 10.6 Å². The summed E-state index contributed by atoms with van der Waals surface area (Å²) in [5.74, 6) is -0.125. The van der Waals surface area contributed by atoms with Crippen LogP contribution in [-0.4, -0.2) is 19.1 Å². The van der Waals surface area contributed by atoms with Crippen LogP contribution in [0, 0.1) is 5.82 Å². The van der Waals surface area contributed by atoms with E-state index in [9.17, 15) is 4.39 Å². The lowest BCUT2D eigenvalue weighted by Crippen LogP contribution is -2.55. The third kappa shape index (κ3) is 1.94. The summed E-state index contributed by atoms with van der Waals surface area (Å²) in [4.78, 5) is 0. The Bertz CT molecular complexity index is 310. The second kappa shape index (κ2) is 4.07. The first kappa shape index (κ1) is 9.62. The zero-order valence-electron chi connectivity index (χ0n) is 8.26. The monoisotopic (exact) mass is 194 g/mol. The molecule has 0 aliphatic carbocycles. The third-order valence-corrected chi connectivity index (χ3v) is 2.64. The van der Waals surface area contributed by atoms with Crippen molar-refractivity contribution < 1.29 is 4.39 Å². The fourth-order valence-electron chi connectivity index (χ4n) is 1.68. The Morgan fingerprint density at radius 2 is 2.14 bits per heavy atom. The molecule has 0 spiro atoms.